The Bertz CT molecular complexity index is 689. The first-order valence-electron chi connectivity index (χ1n) is 6.73. The Balaban J connectivity index is 0.000000272. The summed E-state index contributed by atoms with van der Waals surface area (Å²) in [6, 6.07) is 0. The second kappa shape index (κ2) is 11.1. The zero-order chi connectivity index (χ0) is 17.9. The van der Waals surface area contributed by atoms with E-state index in [9.17, 15) is 8.78 Å². The Kier molecular flexibility index (Phi) is 9.44. The summed E-state index contributed by atoms with van der Waals surface area (Å²) in [5.41, 5.74) is 0.131. The molecule has 2 aromatic heterocycles. The molecule has 0 N–H and O–H groups in total. The van der Waals surface area contributed by atoms with E-state index >= 15 is 0 Å². The van der Waals surface area contributed by atoms with Gasteiger partial charge in [0.1, 0.15) is 5.69 Å². The first kappa shape index (κ1) is 20.5. The van der Waals surface area contributed by atoms with Crippen LogP contribution >= 0.6 is 34.8 Å². The van der Waals surface area contributed by atoms with Crippen LogP contribution in [0, 0.1) is 11.6 Å². The van der Waals surface area contributed by atoms with Gasteiger partial charge in [0.25, 0.3) is 0 Å². The van der Waals surface area contributed by atoms with Crippen molar-refractivity contribution >= 4 is 40.9 Å². The minimum atomic E-state index is -0.666. The van der Waals surface area contributed by atoms with Crippen LogP contribution in [-0.2, 0) is 4.74 Å². The van der Waals surface area contributed by atoms with Crippen molar-refractivity contribution in [3.8, 4) is 0 Å². The molecule has 2 heterocycles. The summed E-state index contributed by atoms with van der Waals surface area (Å²) in [5.74, 6) is -1.18. The Hall–Kier alpha value is -1.57. The number of hydrogen-bond acceptors (Lipinski definition) is 5. The highest BCUT2D eigenvalue weighted by atomic mass is 35.5. The van der Waals surface area contributed by atoms with E-state index in [1.807, 2.05) is 0 Å². The van der Waals surface area contributed by atoms with Crippen LogP contribution in [0.4, 0.5) is 8.78 Å². The molecule has 0 saturated heterocycles. The maximum Gasteiger partial charge on any atom is 0.223 e. The van der Waals surface area contributed by atoms with E-state index in [-0.39, 0.29) is 21.4 Å². The molecule has 0 aromatic carbocycles. The summed E-state index contributed by atoms with van der Waals surface area (Å²) in [6.45, 7) is 2.68. The van der Waals surface area contributed by atoms with Gasteiger partial charge < -0.3 is 4.74 Å². The summed E-state index contributed by atoms with van der Waals surface area (Å²) >= 11 is 16.0. The van der Waals surface area contributed by atoms with Crippen LogP contribution in [-0.4, -0.2) is 26.5 Å². The molecule has 130 valence electrons. The lowest BCUT2D eigenvalue weighted by Crippen LogP contribution is -1.92. The second-order valence-electron chi connectivity index (χ2n) is 4.18. The summed E-state index contributed by atoms with van der Waals surface area (Å²) in [6.07, 6.45) is 6.81. The zero-order valence-electron chi connectivity index (χ0n) is 12.5. The van der Waals surface area contributed by atoms with Crippen LogP contribution in [0.1, 0.15) is 25.5 Å². The van der Waals surface area contributed by atoms with Crippen molar-refractivity contribution in [2.24, 2.45) is 0 Å². The Labute approximate surface area is 152 Å². The van der Waals surface area contributed by atoms with Crippen molar-refractivity contribution in [3.05, 3.63) is 51.7 Å². The Morgan fingerprint density at radius 1 is 1.04 bits per heavy atom. The van der Waals surface area contributed by atoms with Gasteiger partial charge in [-0.25, -0.2) is 28.7 Å². The van der Waals surface area contributed by atoms with Crippen molar-refractivity contribution < 1.29 is 13.5 Å². The van der Waals surface area contributed by atoms with Gasteiger partial charge in [-0.1, -0.05) is 24.9 Å². The monoisotopic (exact) mass is 396 g/mol. The van der Waals surface area contributed by atoms with Crippen molar-refractivity contribution in [2.45, 2.75) is 19.8 Å². The maximum absolute atomic E-state index is 13.1. The molecule has 0 aliphatic carbocycles. The SMILES string of the molecule is CCCCO/C=C/c1nc(Cl)ncc1F.Fc1cnc(Cl)nc1Cl. The molecule has 0 fully saturated rings. The normalized spacial score (nSPS) is 10.4. The molecular formula is C14H13Cl3F2N4O. The summed E-state index contributed by atoms with van der Waals surface area (Å²) in [4.78, 5) is 13.9. The molecule has 0 aliphatic rings. The Morgan fingerprint density at radius 3 is 2.25 bits per heavy atom. The van der Waals surface area contributed by atoms with Gasteiger partial charge in [-0.05, 0) is 29.6 Å². The van der Waals surface area contributed by atoms with Crippen molar-refractivity contribution in [3.63, 3.8) is 0 Å². The predicted molar refractivity (Wildman–Crippen MR) is 88.9 cm³/mol. The quantitative estimate of drug-likeness (QED) is 0.308. The largest absolute Gasteiger partial charge is 0.501 e. The van der Waals surface area contributed by atoms with E-state index in [1.165, 1.54) is 12.3 Å². The summed E-state index contributed by atoms with van der Waals surface area (Å²) in [5, 5.41) is -0.291. The fraction of sp³-hybridized carbons (Fsp3) is 0.286. The molecule has 0 bridgehead atoms. The van der Waals surface area contributed by atoms with Gasteiger partial charge in [0, 0.05) is 6.08 Å². The van der Waals surface area contributed by atoms with Crippen molar-refractivity contribution in [1.29, 1.82) is 0 Å². The lowest BCUT2D eigenvalue weighted by Gasteiger charge is -1.98. The molecule has 0 aliphatic heterocycles. The number of halogens is 5. The third-order valence-corrected chi connectivity index (χ3v) is 2.98. The molecule has 24 heavy (non-hydrogen) atoms. The molecule has 0 saturated carbocycles. The van der Waals surface area contributed by atoms with Gasteiger partial charge in [-0.15, -0.1) is 0 Å². The van der Waals surface area contributed by atoms with Crippen LogP contribution < -0.4 is 0 Å². The van der Waals surface area contributed by atoms with Crippen molar-refractivity contribution in [1.82, 2.24) is 19.9 Å². The van der Waals surface area contributed by atoms with Crippen LogP contribution in [0.5, 0.6) is 0 Å². The lowest BCUT2D eigenvalue weighted by atomic mass is 10.4. The number of nitrogens with zero attached hydrogens (tertiary/aromatic N) is 4. The standard InChI is InChI=1S/C10H12ClFN2O.C4HCl2FN2/c1-2-3-5-15-6-4-9-8(12)7-13-10(11)14-9;5-3-2(7)1-8-4(6)9-3/h4,6-7H,2-3,5H2,1H3;1H/b6-4+;. The first-order valence-corrected chi connectivity index (χ1v) is 7.87. The highest BCUT2D eigenvalue weighted by molar-refractivity contribution is 6.31. The van der Waals surface area contributed by atoms with Gasteiger partial charge in [0.15, 0.2) is 16.8 Å². The minimum absolute atomic E-state index is 0.0182. The van der Waals surface area contributed by atoms with Gasteiger partial charge >= 0.3 is 0 Å². The molecule has 0 spiro atoms. The topological polar surface area (TPSA) is 60.8 Å². The van der Waals surface area contributed by atoms with E-state index in [4.69, 9.17) is 39.5 Å². The highest BCUT2D eigenvalue weighted by Gasteiger charge is 2.01. The molecule has 2 aromatic rings. The number of unbranched alkanes of at least 4 members (excludes halogenated alkanes) is 1. The van der Waals surface area contributed by atoms with Gasteiger partial charge in [-0.2, -0.15) is 0 Å². The minimum Gasteiger partial charge on any atom is -0.501 e. The highest BCUT2D eigenvalue weighted by Crippen LogP contribution is 2.11. The zero-order valence-corrected chi connectivity index (χ0v) is 14.8. The number of aromatic nitrogens is 4. The number of rotatable bonds is 5. The molecule has 5 nitrogen and oxygen atoms in total. The van der Waals surface area contributed by atoms with E-state index in [0.717, 1.165) is 25.2 Å². The third kappa shape index (κ3) is 7.81. The summed E-state index contributed by atoms with van der Waals surface area (Å²) in [7, 11) is 0. The molecule has 0 unspecified atom stereocenters. The third-order valence-electron chi connectivity index (χ3n) is 2.35. The van der Waals surface area contributed by atoms with E-state index in [1.54, 1.807) is 0 Å². The van der Waals surface area contributed by atoms with Crippen LogP contribution in [0.2, 0.25) is 15.7 Å². The van der Waals surface area contributed by atoms with E-state index in [0.29, 0.717) is 6.61 Å². The van der Waals surface area contributed by atoms with Crippen LogP contribution in [0.25, 0.3) is 6.08 Å². The van der Waals surface area contributed by atoms with E-state index in [2.05, 4.69) is 26.9 Å². The van der Waals surface area contributed by atoms with Crippen molar-refractivity contribution in [2.75, 3.05) is 6.61 Å². The molecule has 10 heteroatoms. The molecule has 0 radical (unpaired) electrons. The smallest absolute Gasteiger partial charge is 0.223 e. The lowest BCUT2D eigenvalue weighted by molar-refractivity contribution is 0.246. The first-order chi connectivity index (χ1) is 11.4. The molecular weight excluding hydrogens is 385 g/mol. The van der Waals surface area contributed by atoms with Crippen LogP contribution in [0.3, 0.4) is 0 Å². The number of hydrogen-bond donors (Lipinski definition) is 0. The summed E-state index contributed by atoms with van der Waals surface area (Å²) < 4.78 is 30.4. The fourth-order valence-corrected chi connectivity index (χ4v) is 1.65. The van der Waals surface area contributed by atoms with Gasteiger partial charge in [-0.3, -0.25) is 0 Å². The average Bonchev–Trinajstić information content (AvgIpc) is 2.55. The maximum atomic E-state index is 13.1. The Morgan fingerprint density at radius 2 is 1.67 bits per heavy atom. The number of ether oxygens (including phenoxy) is 1. The average molecular weight is 398 g/mol. The van der Waals surface area contributed by atoms with Crippen LogP contribution in [0.15, 0.2) is 18.7 Å². The molecule has 0 atom stereocenters. The molecule has 2 rings (SSSR count). The fourth-order valence-electron chi connectivity index (χ4n) is 1.21. The second-order valence-corrected chi connectivity index (χ2v) is 5.21. The van der Waals surface area contributed by atoms with E-state index < -0.39 is 11.6 Å². The predicted octanol–water partition coefficient (Wildman–Crippen LogP) is 4.98. The van der Waals surface area contributed by atoms with Gasteiger partial charge in [0.05, 0.1) is 25.3 Å². The van der Waals surface area contributed by atoms with Gasteiger partial charge in [0.2, 0.25) is 10.6 Å². The molecule has 0 amide bonds.